The van der Waals surface area contributed by atoms with Crippen molar-refractivity contribution in [1.29, 1.82) is 0 Å². The van der Waals surface area contributed by atoms with Gasteiger partial charge >= 0.3 is 6.01 Å². The summed E-state index contributed by atoms with van der Waals surface area (Å²) in [4.78, 5) is 8.70. The number of nitrogens with zero attached hydrogens (tertiary/aromatic N) is 2. The zero-order chi connectivity index (χ0) is 21.3. The maximum Gasteiger partial charge on any atom is 0.316 e. The van der Waals surface area contributed by atoms with Crippen LogP contribution in [0, 0.1) is 0 Å². The molecule has 0 saturated heterocycles. The summed E-state index contributed by atoms with van der Waals surface area (Å²) < 4.78 is 11.5. The molecule has 30 heavy (non-hydrogen) atoms. The molecule has 0 aliphatic carbocycles. The average Bonchev–Trinajstić information content (AvgIpc) is 2.79. The zero-order valence-electron chi connectivity index (χ0n) is 19.1. The minimum absolute atomic E-state index is 0.464. The van der Waals surface area contributed by atoms with Crippen molar-refractivity contribution < 1.29 is 9.47 Å². The standard InChI is InChI=1S/C26H40N2O2/c1-3-5-7-9-11-13-19-29-25-17-15-23(16-18-25)24-21-27-26(28-22-24)30-20-14-12-10-8-6-4-2/h15-18,21-22H,3-14,19-20H2,1-2H3. The molecule has 0 atom stereocenters. The largest absolute Gasteiger partial charge is 0.494 e. The van der Waals surface area contributed by atoms with Crippen LogP contribution in [0.4, 0.5) is 0 Å². The van der Waals surface area contributed by atoms with E-state index in [4.69, 9.17) is 9.47 Å². The van der Waals surface area contributed by atoms with Crippen LogP contribution in [0.5, 0.6) is 11.8 Å². The van der Waals surface area contributed by atoms with Gasteiger partial charge in [-0.2, -0.15) is 0 Å². The normalized spacial score (nSPS) is 10.9. The smallest absolute Gasteiger partial charge is 0.316 e. The fraction of sp³-hybridized carbons (Fsp3) is 0.615. The minimum atomic E-state index is 0.464. The third kappa shape index (κ3) is 10.1. The van der Waals surface area contributed by atoms with Crippen molar-refractivity contribution in [2.75, 3.05) is 13.2 Å². The molecule has 0 amide bonds. The fourth-order valence-electron chi connectivity index (χ4n) is 3.40. The lowest BCUT2D eigenvalue weighted by atomic mass is 10.1. The SMILES string of the molecule is CCCCCCCCOc1ccc(-c2cnc(OCCCCCCCC)nc2)cc1. The molecule has 0 aliphatic rings. The van der Waals surface area contributed by atoms with E-state index < -0.39 is 0 Å². The van der Waals surface area contributed by atoms with Gasteiger partial charge in [0.15, 0.2) is 0 Å². The van der Waals surface area contributed by atoms with Crippen molar-refractivity contribution in [2.24, 2.45) is 0 Å². The van der Waals surface area contributed by atoms with Gasteiger partial charge in [0.2, 0.25) is 0 Å². The van der Waals surface area contributed by atoms with E-state index in [1.807, 2.05) is 24.5 Å². The van der Waals surface area contributed by atoms with Gasteiger partial charge in [-0.1, -0.05) is 90.2 Å². The van der Waals surface area contributed by atoms with E-state index in [0.717, 1.165) is 36.3 Å². The van der Waals surface area contributed by atoms with Gasteiger partial charge in [-0.15, -0.1) is 0 Å². The van der Waals surface area contributed by atoms with E-state index in [1.165, 1.54) is 64.2 Å². The van der Waals surface area contributed by atoms with Crippen LogP contribution in [0.2, 0.25) is 0 Å². The first kappa shape index (κ1) is 24.2. The first-order valence-electron chi connectivity index (χ1n) is 12.0. The van der Waals surface area contributed by atoms with E-state index in [0.29, 0.717) is 12.6 Å². The van der Waals surface area contributed by atoms with Crippen molar-refractivity contribution in [1.82, 2.24) is 9.97 Å². The molecule has 1 heterocycles. The predicted molar refractivity (Wildman–Crippen MR) is 125 cm³/mol. The molecule has 0 spiro atoms. The highest BCUT2D eigenvalue weighted by Crippen LogP contribution is 2.22. The number of hydrogen-bond acceptors (Lipinski definition) is 4. The molecule has 0 fully saturated rings. The maximum absolute atomic E-state index is 5.86. The third-order valence-corrected chi connectivity index (χ3v) is 5.31. The summed E-state index contributed by atoms with van der Waals surface area (Å²) >= 11 is 0. The molecule has 0 N–H and O–H groups in total. The molecule has 1 aromatic heterocycles. The van der Waals surface area contributed by atoms with Crippen LogP contribution in [0.1, 0.15) is 90.9 Å². The van der Waals surface area contributed by atoms with Crippen LogP contribution < -0.4 is 9.47 Å². The van der Waals surface area contributed by atoms with Gasteiger partial charge < -0.3 is 9.47 Å². The second-order valence-corrected chi connectivity index (χ2v) is 8.01. The highest BCUT2D eigenvalue weighted by Gasteiger charge is 2.03. The van der Waals surface area contributed by atoms with E-state index in [1.54, 1.807) is 0 Å². The van der Waals surface area contributed by atoms with Gasteiger partial charge in [-0.05, 0) is 30.5 Å². The van der Waals surface area contributed by atoms with Gasteiger partial charge in [0.25, 0.3) is 0 Å². The van der Waals surface area contributed by atoms with Crippen LogP contribution >= 0.6 is 0 Å². The number of aromatic nitrogens is 2. The average molecular weight is 413 g/mol. The Morgan fingerprint density at radius 3 is 1.63 bits per heavy atom. The van der Waals surface area contributed by atoms with Crippen LogP contribution in [0.25, 0.3) is 11.1 Å². The summed E-state index contributed by atoms with van der Waals surface area (Å²) in [6, 6.07) is 8.63. The number of benzene rings is 1. The van der Waals surface area contributed by atoms with Crippen molar-refractivity contribution in [2.45, 2.75) is 90.9 Å². The molecular weight excluding hydrogens is 372 g/mol. The maximum atomic E-state index is 5.86. The number of ether oxygens (including phenoxy) is 2. The number of rotatable bonds is 17. The van der Waals surface area contributed by atoms with Gasteiger partial charge in [0.1, 0.15) is 5.75 Å². The van der Waals surface area contributed by atoms with Gasteiger partial charge in [0, 0.05) is 18.0 Å². The van der Waals surface area contributed by atoms with Crippen molar-refractivity contribution in [3.8, 4) is 22.9 Å². The summed E-state index contributed by atoms with van der Waals surface area (Å²) in [6.07, 6.45) is 18.8. The van der Waals surface area contributed by atoms with E-state index in [2.05, 4.69) is 35.9 Å². The Morgan fingerprint density at radius 2 is 1.07 bits per heavy atom. The molecule has 0 unspecified atom stereocenters. The van der Waals surface area contributed by atoms with Crippen LogP contribution in [0.3, 0.4) is 0 Å². The molecule has 4 nitrogen and oxygen atoms in total. The lowest BCUT2D eigenvalue weighted by molar-refractivity contribution is 0.281. The summed E-state index contributed by atoms with van der Waals surface area (Å²) in [7, 11) is 0. The van der Waals surface area contributed by atoms with E-state index >= 15 is 0 Å². The van der Waals surface area contributed by atoms with Crippen molar-refractivity contribution in [3.63, 3.8) is 0 Å². The Kier molecular flexibility index (Phi) is 12.7. The van der Waals surface area contributed by atoms with Crippen LogP contribution in [-0.2, 0) is 0 Å². The molecule has 166 valence electrons. The van der Waals surface area contributed by atoms with Crippen LogP contribution in [0.15, 0.2) is 36.7 Å². The number of hydrogen-bond donors (Lipinski definition) is 0. The quantitative estimate of drug-likeness (QED) is 0.251. The lowest BCUT2D eigenvalue weighted by Gasteiger charge is -2.08. The van der Waals surface area contributed by atoms with Crippen molar-refractivity contribution >= 4 is 0 Å². The van der Waals surface area contributed by atoms with E-state index in [9.17, 15) is 0 Å². The summed E-state index contributed by atoms with van der Waals surface area (Å²) in [6.45, 7) is 5.97. The molecule has 0 bridgehead atoms. The van der Waals surface area contributed by atoms with Gasteiger partial charge in [0.05, 0.1) is 13.2 Å². The minimum Gasteiger partial charge on any atom is -0.494 e. The molecule has 0 aliphatic heterocycles. The van der Waals surface area contributed by atoms with Gasteiger partial charge in [-0.25, -0.2) is 9.97 Å². The first-order valence-corrected chi connectivity index (χ1v) is 12.0. The molecule has 0 radical (unpaired) electrons. The lowest BCUT2D eigenvalue weighted by Crippen LogP contribution is -2.01. The monoisotopic (exact) mass is 412 g/mol. The third-order valence-electron chi connectivity index (χ3n) is 5.31. The zero-order valence-corrected chi connectivity index (χ0v) is 19.1. The molecule has 1 aromatic carbocycles. The summed E-state index contributed by atoms with van der Waals surface area (Å²) in [5.74, 6) is 0.923. The Labute approximate surface area is 183 Å². The molecule has 2 rings (SSSR count). The summed E-state index contributed by atoms with van der Waals surface area (Å²) in [5, 5.41) is 0. The predicted octanol–water partition coefficient (Wildman–Crippen LogP) is 7.62. The Balaban J connectivity index is 1.65. The van der Waals surface area contributed by atoms with E-state index in [-0.39, 0.29) is 0 Å². The summed E-state index contributed by atoms with van der Waals surface area (Å²) in [5.41, 5.74) is 2.08. The Bertz CT molecular complexity index is 596. The Morgan fingerprint density at radius 1 is 0.567 bits per heavy atom. The molecule has 4 heteroatoms. The molecule has 2 aromatic rings. The molecule has 0 saturated carbocycles. The second kappa shape index (κ2) is 15.7. The fourth-order valence-corrected chi connectivity index (χ4v) is 3.40. The van der Waals surface area contributed by atoms with Crippen LogP contribution in [-0.4, -0.2) is 23.2 Å². The number of unbranched alkanes of at least 4 members (excludes halogenated alkanes) is 10. The highest BCUT2D eigenvalue weighted by molar-refractivity contribution is 5.62. The Hall–Kier alpha value is -2.10. The van der Waals surface area contributed by atoms with Crippen molar-refractivity contribution in [3.05, 3.63) is 36.7 Å². The highest BCUT2D eigenvalue weighted by atomic mass is 16.5. The van der Waals surface area contributed by atoms with Gasteiger partial charge in [-0.3, -0.25) is 0 Å². The first-order chi connectivity index (χ1) is 14.8. The topological polar surface area (TPSA) is 44.2 Å². The molecular formula is C26H40N2O2. The second-order valence-electron chi connectivity index (χ2n) is 8.01.